The Hall–Kier alpha value is -1.35. The van der Waals surface area contributed by atoms with Crippen LogP contribution >= 0.6 is 0 Å². The number of rotatable bonds is 6. The lowest BCUT2D eigenvalue weighted by Gasteiger charge is -2.20. The van der Waals surface area contributed by atoms with Gasteiger partial charge in [-0.25, -0.2) is 0 Å². The molecule has 1 atom stereocenters. The number of ketones is 1. The van der Waals surface area contributed by atoms with Gasteiger partial charge in [0.1, 0.15) is 11.5 Å². The molecule has 0 radical (unpaired) electrons. The van der Waals surface area contributed by atoms with Gasteiger partial charge in [-0.05, 0) is 51.4 Å². The molecule has 1 aromatic rings. The highest BCUT2D eigenvalue weighted by Crippen LogP contribution is 2.30. The molecule has 0 saturated heterocycles. The smallest absolute Gasteiger partial charge is 0.129 e. The third kappa shape index (κ3) is 3.57. The van der Waals surface area contributed by atoms with Crippen LogP contribution in [-0.4, -0.2) is 19.9 Å². The minimum Gasteiger partial charge on any atom is -0.496 e. The maximum atomic E-state index is 11.1. The van der Waals surface area contributed by atoms with Crippen molar-refractivity contribution in [3.8, 4) is 5.75 Å². The standard InChI is InChI=1S/C15H23NO2/c1-10-8-13(15(18-5)9-11(10)2)14(16-4)7-6-12(3)17/h8-9,14,16H,6-7H2,1-5H3. The van der Waals surface area contributed by atoms with Crippen LogP contribution in [0.4, 0.5) is 0 Å². The molecule has 0 aliphatic heterocycles. The van der Waals surface area contributed by atoms with E-state index in [9.17, 15) is 4.79 Å². The minimum absolute atomic E-state index is 0.156. The van der Waals surface area contributed by atoms with Gasteiger partial charge in [-0.3, -0.25) is 0 Å². The zero-order valence-corrected chi connectivity index (χ0v) is 12.0. The monoisotopic (exact) mass is 249 g/mol. The lowest BCUT2D eigenvalue weighted by atomic mass is 9.96. The highest BCUT2D eigenvalue weighted by atomic mass is 16.5. The molecule has 0 spiro atoms. The molecule has 0 saturated carbocycles. The summed E-state index contributed by atoms with van der Waals surface area (Å²) in [5, 5.41) is 3.26. The van der Waals surface area contributed by atoms with Crippen LogP contribution in [0.1, 0.15) is 42.5 Å². The fraction of sp³-hybridized carbons (Fsp3) is 0.533. The van der Waals surface area contributed by atoms with Crippen LogP contribution in [0.25, 0.3) is 0 Å². The van der Waals surface area contributed by atoms with Crippen LogP contribution in [0.5, 0.6) is 5.75 Å². The Kier molecular flexibility index (Phi) is 5.35. The fourth-order valence-electron chi connectivity index (χ4n) is 2.06. The Bertz CT molecular complexity index is 427. The van der Waals surface area contributed by atoms with E-state index in [1.165, 1.54) is 11.1 Å². The largest absolute Gasteiger partial charge is 0.496 e. The van der Waals surface area contributed by atoms with E-state index in [-0.39, 0.29) is 11.8 Å². The number of carbonyl (C=O) groups is 1. The molecule has 1 aromatic carbocycles. The van der Waals surface area contributed by atoms with Crippen molar-refractivity contribution in [3.05, 3.63) is 28.8 Å². The highest BCUT2D eigenvalue weighted by Gasteiger charge is 2.16. The predicted molar refractivity (Wildman–Crippen MR) is 74.2 cm³/mol. The van der Waals surface area contributed by atoms with E-state index >= 15 is 0 Å². The van der Waals surface area contributed by atoms with E-state index in [2.05, 4.69) is 31.3 Å². The van der Waals surface area contributed by atoms with Crippen LogP contribution in [-0.2, 0) is 4.79 Å². The van der Waals surface area contributed by atoms with Crippen molar-refractivity contribution in [1.82, 2.24) is 5.32 Å². The summed E-state index contributed by atoms with van der Waals surface area (Å²) in [7, 11) is 3.60. The summed E-state index contributed by atoms with van der Waals surface area (Å²) >= 11 is 0. The van der Waals surface area contributed by atoms with Crippen LogP contribution in [0.3, 0.4) is 0 Å². The average Bonchev–Trinajstić information content (AvgIpc) is 2.33. The normalized spacial score (nSPS) is 12.3. The Morgan fingerprint density at radius 1 is 1.33 bits per heavy atom. The molecule has 0 bridgehead atoms. The van der Waals surface area contributed by atoms with Gasteiger partial charge in [0.2, 0.25) is 0 Å². The third-order valence-corrected chi connectivity index (χ3v) is 3.36. The number of hydrogen-bond donors (Lipinski definition) is 1. The number of ether oxygens (including phenoxy) is 1. The van der Waals surface area contributed by atoms with Gasteiger partial charge in [0.05, 0.1) is 7.11 Å². The quantitative estimate of drug-likeness (QED) is 0.842. The number of aryl methyl sites for hydroxylation is 2. The summed E-state index contributed by atoms with van der Waals surface area (Å²) < 4.78 is 5.45. The number of benzene rings is 1. The Morgan fingerprint density at radius 3 is 2.44 bits per heavy atom. The summed E-state index contributed by atoms with van der Waals surface area (Å²) in [5.41, 5.74) is 3.59. The first-order chi connectivity index (χ1) is 8.49. The molecule has 0 aliphatic carbocycles. The first-order valence-corrected chi connectivity index (χ1v) is 6.31. The predicted octanol–water partition coefficient (Wildman–Crippen LogP) is 2.94. The third-order valence-electron chi connectivity index (χ3n) is 3.36. The first kappa shape index (κ1) is 14.7. The van der Waals surface area contributed by atoms with Crippen molar-refractivity contribution in [2.45, 2.75) is 39.7 Å². The number of Topliss-reactive ketones (excluding diaryl/α,β-unsaturated/α-hetero) is 1. The molecule has 0 aromatic heterocycles. The van der Waals surface area contributed by atoms with Crippen molar-refractivity contribution >= 4 is 5.78 Å². The van der Waals surface area contributed by atoms with Crippen molar-refractivity contribution in [2.75, 3.05) is 14.2 Å². The summed E-state index contributed by atoms with van der Waals surface area (Å²) in [6, 6.07) is 4.36. The van der Waals surface area contributed by atoms with E-state index in [4.69, 9.17) is 4.74 Å². The van der Waals surface area contributed by atoms with Gasteiger partial charge in [0.25, 0.3) is 0 Å². The number of methoxy groups -OCH3 is 1. The Morgan fingerprint density at radius 2 is 1.94 bits per heavy atom. The van der Waals surface area contributed by atoms with E-state index in [1.807, 2.05) is 7.05 Å². The maximum absolute atomic E-state index is 11.1. The molecule has 3 heteroatoms. The van der Waals surface area contributed by atoms with Crippen LogP contribution in [0, 0.1) is 13.8 Å². The van der Waals surface area contributed by atoms with Crippen molar-refractivity contribution in [2.24, 2.45) is 0 Å². The first-order valence-electron chi connectivity index (χ1n) is 6.31. The SMILES string of the molecule is CNC(CCC(C)=O)c1cc(C)c(C)cc1OC. The number of nitrogens with one attached hydrogen (secondary N) is 1. The van der Waals surface area contributed by atoms with E-state index < -0.39 is 0 Å². The second-order valence-electron chi connectivity index (χ2n) is 4.76. The molecule has 0 aliphatic rings. The van der Waals surface area contributed by atoms with Crippen molar-refractivity contribution in [1.29, 1.82) is 0 Å². The van der Waals surface area contributed by atoms with E-state index in [0.717, 1.165) is 17.7 Å². The van der Waals surface area contributed by atoms with Crippen molar-refractivity contribution < 1.29 is 9.53 Å². The number of carbonyl (C=O) groups excluding carboxylic acids is 1. The van der Waals surface area contributed by atoms with E-state index in [0.29, 0.717) is 6.42 Å². The molecule has 0 fully saturated rings. The lowest BCUT2D eigenvalue weighted by molar-refractivity contribution is -0.117. The molecule has 18 heavy (non-hydrogen) atoms. The molecule has 1 rings (SSSR count). The summed E-state index contributed by atoms with van der Waals surface area (Å²) in [5.74, 6) is 1.11. The molecular weight excluding hydrogens is 226 g/mol. The molecular formula is C15H23NO2. The topological polar surface area (TPSA) is 38.3 Å². The zero-order valence-electron chi connectivity index (χ0n) is 12.0. The molecule has 3 nitrogen and oxygen atoms in total. The lowest BCUT2D eigenvalue weighted by Crippen LogP contribution is -2.18. The van der Waals surface area contributed by atoms with Crippen LogP contribution in [0.15, 0.2) is 12.1 Å². The number of hydrogen-bond acceptors (Lipinski definition) is 3. The average molecular weight is 249 g/mol. The minimum atomic E-state index is 0.156. The zero-order chi connectivity index (χ0) is 13.7. The molecule has 0 amide bonds. The van der Waals surface area contributed by atoms with Gasteiger partial charge in [-0.1, -0.05) is 6.07 Å². The fourth-order valence-corrected chi connectivity index (χ4v) is 2.06. The molecule has 0 heterocycles. The summed E-state index contributed by atoms with van der Waals surface area (Å²) in [4.78, 5) is 11.1. The highest BCUT2D eigenvalue weighted by molar-refractivity contribution is 5.75. The van der Waals surface area contributed by atoms with Gasteiger partial charge in [-0.15, -0.1) is 0 Å². The molecule has 100 valence electrons. The van der Waals surface area contributed by atoms with Crippen molar-refractivity contribution in [3.63, 3.8) is 0 Å². The van der Waals surface area contributed by atoms with Gasteiger partial charge < -0.3 is 14.8 Å². The van der Waals surface area contributed by atoms with Gasteiger partial charge >= 0.3 is 0 Å². The Balaban J connectivity index is 3.03. The van der Waals surface area contributed by atoms with Gasteiger partial charge in [0, 0.05) is 18.0 Å². The summed E-state index contributed by atoms with van der Waals surface area (Å²) in [6.45, 7) is 5.80. The maximum Gasteiger partial charge on any atom is 0.129 e. The molecule has 1 N–H and O–H groups in total. The summed E-state index contributed by atoms with van der Waals surface area (Å²) in [6.07, 6.45) is 1.38. The van der Waals surface area contributed by atoms with Gasteiger partial charge in [-0.2, -0.15) is 0 Å². The van der Waals surface area contributed by atoms with E-state index in [1.54, 1.807) is 14.0 Å². The second kappa shape index (κ2) is 6.55. The van der Waals surface area contributed by atoms with Crippen LogP contribution < -0.4 is 10.1 Å². The van der Waals surface area contributed by atoms with Gasteiger partial charge in [0.15, 0.2) is 0 Å². The second-order valence-corrected chi connectivity index (χ2v) is 4.76. The Labute approximate surface area is 110 Å². The molecule has 1 unspecified atom stereocenters. The van der Waals surface area contributed by atoms with Crippen LogP contribution in [0.2, 0.25) is 0 Å².